The predicted molar refractivity (Wildman–Crippen MR) is 103 cm³/mol. The van der Waals surface area contributed by atoms with E-state index in [0.717, 1.165) is 27.5 Å². The fourth-order valence-electron chi connectivity index (χ4n) is 2.72. The number of hydrogen-bond acceptors (Lipinski definition) is 4. The molecule has 1 aromatic heterocycles. The quantitative estimate of drug-likeness (QED) is 0.703. The third kappa shape index (κ3) is 3.54. The summed E-state index contributed by atoms with van der Waals surface area (Å²) < 4.78 is 11.2. The number of carbonyl (C=O) groups excluding carboxylic acids is 1. The first-order valence-electron chi connectivity index (χ1n) is 8.22. The van der Waals surface area contributed by atoms with Crippen molar-refractivity contribution >= 4 is 28.8 Å². The number of nitrogens with one attached hydrogen (secondary N) is 1. The molecule has 1 aliphatic heterocycles. The molecule has 0 saturated carbocycles. The zero-order valence-electron chi connectivity index (χ0n) is 13.8. The number of fused-ring (bicyclic) bond motifs is 1. The molecular weight excluding hydrogens is 370 g/mol. The number of benzene rings is 2. The molecule has 1 aliphatic rings. The van der Waals surface area contributed by atoms with Crippen molar-refractivity contribution in [2.45, 2.75) is 6.54 Å². The van der Waals surface area contributed by atoms with Crippen LogP contribution in [0.5, 0.6) is 11.5 Å². The third-order valence-electron chi connectivity index (χ3n) is 4.05. The molecular formula is C20H16ClNO3S. The fraction of sp³-hybridized carbons (Fsp3) is 0.150. The van der Waals surface area contributed by atoms with Crippen LogP contribution in [-0.4, -0.2) is 19.1 Å². The summed E-state index contributed by atoms with van der Waals surface area (Å²) in [6, 6.07) is 17.1. The van der Waals surface area contributed by atoms with Crippen molar-refractivity contribution in [2.24, 2.45) is 0 Å². The second-order valence-electron chi connectivity index (χ2n) is 5.80. The Balaban J connectivity index is 1.47. The summed E-state index contributed by atoms with van der Waals surface area (Å²) in [4.78, 5) is 14.1. The Hall–Kier alpha value is -2.50. The summed E-state index contributed by atoms with van der Waals surface area (Å²) >= 11 is 7.57. The van der Waals surface area contributed by atoms with Crippen molar-refractivity contribution in [1.29, 1.82) is 0 Å². The van der Waals surface area contributed by atoms with E-state index in [1.807, 2.05) is 54.6 Å². The van der Waals surface area contributed by atoms with Crippen molar-refractivity contribution in [2.75, 3.05) is 13.2 Å². The van der Waals surface area contributed by atoms with Gasteiger partial charge in [-0.3, -0.25) is 4.79 Å². The van der Waals surface area contributed by atoms with Crippen LogP contribution in [0.25, 0.3) is 10.4 Å². The molecule has 1 amide bonds. The number of hydrogen-bond donors (Lipinski definition) is 1. The van der Waals surface area contributed by atoms with Crippen molar-refractivity contribution < 1.29 is 14.3 Å². The molecule has 0 radical (unpaired) electrons. The van der Waals surface area contributed by atoms with Gasteiger partial charge in [0.15, 0.2) is 11.5 Å². The number of thiophene rings is 1. The lowest BCUT2D eigenvalue weighted by Gasteiger charge is -2.18. The van der Waals surface area contributed by atoms with Gasteiger partial charge in [0.25, 0.3) is 5.91 Å². The minimum absolute atomic E-state index is 0.112. The molecule has 2 aromatic carbocycles. The average Bonchev–Trinajstić information content (AvgIpc) is 3.17. The van der Waals surface area contributed by atoms with E-state index in [9.17, 15) is 4.79 Å². The number of carbonyl (C=O) groups is 1. The van der Waals surface area contributed by atoms with Gasteiger partial charge in [-0.15, -0.1) is 11.3 Å². The van der Waals surface area contributed by atoms with Crippen LogP contribution in [0.2, 0.25) is 5.02 Å². The third-order valence-corrected chi connectivity index (χ3v) is 5.56. The summed E-state index contributed by atoms with van der Waals surface area (Å²) in [6.45, 7) is 1.52. The standard InChI is InChI=1S/C20H16ClNO3S/c21-15-4-2-1-3-14(15)12-22-20(23)19-8-7-18(26-19)13-5-6-16-17(11-13)25-10-9-24-16/h1-8,11H,9-10,12H2,(H,22,23). The van der Waals surface area contributed by atoms with Gasteiger partial charge in [0.2, 0.25) is 0 Å². The van der Waals surface area contributed by atoms with Crippen LogP contribution in [-0.2, 0) is 6.54 Å². The molecule has 0 fully saturated rings. The maximum atomic E-state index is 12.4. The summed E-state index contributed by atoms with van der Waals surface area (Å²) in [7, 11) is 0. The molecule has 0 aliphatic carbocycles. The van der Waals surface area contributed by atoms with Gasteiger partial charge in [0.1, 0.15) is 13.2 Å². The maximum absolute atomic E-state index is 12.4. The lowest BCUT2D eigenvalue weighted by Crippen LogP contribution is -2.21. The Morgan fingerprint density at radius 1 is 1.04 bits per heavy atom. The van der Waals surface area contributed by atoms with Crippen LogP contribution in [0, 0.1) is 0 Å². The van der Waals surface area contributed by atoms with Gasteiger partial charge in [-0.2, -0.15) is 0 Å². The molecule has 1 N–H and O–H groups in total. The first-order chi connectivity index (χ1) is 12.7. The van der Waals surface area contributed by atoms with Crippen molar-refractivity contribution in [3.63, 3.8) is 0 Å². The Morgan fingerprint density at radius 3 is 2.69 bits per heavy atom. The molecule has 2 heterocycles. The van der Waals surface area contributed by atoms with Crippen LogP contribution in [0.1, 0.15) is 15.2 Å². The summed E-state index contributed by atoms with van der Waals surface area (Å²) in [6.07, 6.45) is 0. The fourth-order valence-corrected chi connectivity index (χ4v) is 3.84. The van der Waals surface area contributed by atoms with Crippen LogP contribution >= 0.6 is 22.9 Å². The highest BCUT2D eigenvalue weighted by Gasteiger charge is 2.15. The smallest absolute Gasteiger partial charge is 0.261 e. The highest BCUT2D eigenvalue weighted by molar-refractivity contribution is 7.17. The first-order valence-corrected chi connectivity index (χ1v) is 9.41. The number of halogens is 1. The van der Waals surface area contributed by atoms with Gasteiger partial charge < -0.3 is 14.8 Å². The Kier molecular flexibility index (Phi) is 4.82. The molecule has 0 unspecified atom stereocenters. The SMILES string of the molecule is O=C(NCc1ccccc1Cl)c1ccc(-c2ccc3c(c2)OCCO3)s1. The summed E-state index contributed by atoms with van der Waals surface area (Å²) in [5, 5.41) is 3.56. The van der Waals surface area contributed by atoms with Crippen LogP contribution in [0.15, 0.2) is 54.6 Å². The Bertz CT molecular complexity index is 954. The maximum Gasteiger partial charge on any atom is 0.261 e. The first kappa shape index (κ1) is 16.9. The van der Waals surface area contributed by atoms with E-state index in [1.165, 1.54) is 11.3 Å². The Morgan fingerprint density at radius 2 is 1.85 bits per heavy atom. The second kappa shape index (κ2) is 7.40. The molecule has 6 heteroatoms. The zero-order valence-corrected chi connectivity index (χ0v) is 15.4. The molecule has 0 spiro atoms. The molecule has 4 rings (SSSR count). The van der Waals surface area contributed by atoms with Crippen molar-refractivity contribution in [3.05, 3.63) is 70.1 Å². The van der Waals surface area contributed by atoms with Crippen LogP contribution < -0.4 is 14.8 Å². The van der Waals surface area contributed by atoms with Gasteiger partial charge >= 0.3 is 0 Å². The Labute approximate surface area is 160 Å². The molecule has 4 nitrogen and oxygen atoms in total. The van der Waals surface area contributed by atoms with E-state index >= 15 is 0 Å². The summed E-state index contributed by atoms with van der Waals surface area (Å²) in [5.74, 6) is 1.39. The molecule has 26 heavy (non-hydrogen) atoms. The van der Waals surface area contributed by atoms with Gasteiger partial charge in [-0.1, -0.05) is 29.8 Å². The van der Waals surface area contributed by atoms with Crippen LogP contribution in [0.4, 0.5) is 0 Å². The average molecular weight is 386 g/mol. The van der Waals surface area contributed by atoms with E-state index in [-0.39, 0.29) is 5.91 Å². The zero-order chi connectivity index (χ0) is 17.9. The predicted octanol–water partition coefficient (Wildman–Crippen LogP) is 4.77. The van der Waals surface area contributed by atoms with Crippen LogP contribution in [0.3, 0.4) is 0 Å². The van der Waals surface area contributed by atoms with Gasteiger partial charge in [-0.05, 0) is 47.5 Å². The number of rotatable bonds is 4. The largest absolute Gasteiger partial charge is 0.486 e. The molecule has 3 aromatic rings. The van der Waals surface area contributed by atoms with Gasteiger partial charge in [0.05, 0.1) is 4.88 Å². The number of amides is 1. The minimum Gasteiger partial charge on any atom is -0.486 e. The van der Waals surface area contributed by atoms with Gasteiger partial charge in [0, 0.05) is 16.4 Å². The van der Waals surface area contributed by atoms with E-state index in [2.05, 4.69) is 5.32 Å². The highest BCUT2D eigenvalue weighted by atomic mass is 35.5. The normalized spacial score (nSPS) is 12.7. The highest BCUT2D eigenvalue weighted by Crippen LogP contribution is 2.36. The van der Waals surface area contributed by atoms with Crippen molar-refractivity contribution in [3.8, 4) is 21.9 Å². The molecule has 0 bridgehead atoms. The topological polar surface area (TPSA) is 47.6 Å². The second-order valence-corrected chi connectivity index (χ2v) is 7.29. The minimum atomic E-state index is -0.112. The van der Waals surface area contributed by atoms with Gasteiger partial charge in [-0.25, -0.2) is 0 Å². The van der Waals surface area contributed by atoms with E-state index in [0.29, 0.717) is 29.7 Å². The number of ether oxygens (including phenoxy) is 2. The van der Waals surface area contributed by atoms with E-state index in [1.54, 1.807) is 0 Å². The summed E-state index contributed by atoms with van der Waals surface area (Å²) in [5.41, 5.74) is 1.90. The monoisotopic (exact) mass is 385 g/mol. The van der Waals surface area contributed by atoms with Crippen molar-refractivity contribution in [1.82, 2.24) is 5.32 Å². The van der Waals surface area contributed by atoms with E-state index < -0.39 is 0 Å². The molecule has 0 saturated heterocycles. The lowest BCUT2D eigenvalue weighted by atomic mass is 10.1. The molecule has 132 valence electrons. The molecule has 0 atom stereocenters. The van der Waals surface area contributed by atoms with E-state index in [4.69, 9.17) is 21.1 Å². The lowest BCUT2D eigenvalue weighted by molar-refractivity contribution is 0.0955.